The number of benzene rings is 1. The summed E-state index contributed by atoms with van der Waals surface area (Å²) in [5, 5.41) is 23.6. The van der Waals surface area contributed by atoms with Gasteiger partial charge in [0.15, 0.2) is 5.75 Å². The summed E-state index contributed by atoms with van der Waals surface area (Å²) in [6.07, 6.45) is -0.559. The molecule has 0 saturated carbocycles. The number of rotatable bonds is 6. The van der Waals surface area contributed by atoms with E-state index in [1.54, 1.807) is 12.1 Å². The van der Waals surface area contributed by atoms with Crippen molar-refractivity contribution < 1.29 is 14.8 Å². The lowest BCUT2D eigenvalue weighted by molar-refractivity contribution is -0.384. The number of aliphatic hydroxyl groups excluding tert-OH is 1. The second kappa shape index (κ2) is 6.20. The van der Waals surface area contributed by atoms with Gasteiger partial charge in [-0.2, -0.15) is 0 Å². The molecule has 0 radical (unpaired) electrons. The normalized spacial score (nSPS) is 12.3. The van der Waals surface area contributed by atoms with Crippen LogP contribution in [0.25, 0.3) is 0 Å². The van der Waals surface area contributed by atoms with E-state index in [9.17, 15) is 15.2 Å². The van der Waals surface area contributed by atoms with Gasteiger partial charge >= 0.3 is 5.69 Å². The molecular formula is C12H18N2O4. The van der Waals surface area contributed by atoms with Gasteiger partial charge in [0.2, 0.25) is 0 Å². The third kappa shape index (κ3) is 3.33. The van der Waals surface area contributed by atoms with Gasteiger partial charge in [-0.1, -0.05) is 19.9 Å². The van der Waals surface area contributed by atoms with Gasteiger partial charge in [-0.25, -0.2) is 0 Å². The minimum atomic E-state index is -0.559. The summed E-state index contributed by atoms with van der Waals surface area (Å²) in [6.45, 7) is 4.02. The minimum absolute atomic E-state index is 0.0853. The van der Waals surface area contributed by atoms with E-state index >= 15 is 0 Å². The number of para-hydroxylation sites is 1. The maximum Gasteiger partial charge on any atom is 0.333 e. The molecule has 0 aliphatic carbocycles. The Morgan fingerprint density at radius 2 is 2.17 bits per heavy atom. The van der Waals surface area contributed by atoms with Crippen LogP contribution in [0.1, 0.15) is 13.8 Å². The third-order valence-corrected chi connectivity index (χ3v) is 2.67. The topological polar surface area (TPSA) is 84.6 Å². The number of anilines is 1. The molecule has 0 aliphatic rings. The van der Waals surface area contributed by atoms with Crippen LogP contribution in [0, 0.1) is 16.0 Å². The van der Waals surface area contributed by atoms with E-state index in [-0.39, 0.29) is 23.9 Å². The smallest absolute Gasteiger partial charge is 0.333 e. The average molecular weight is 254 g/mol. The average Bonchev–Trinajstić information content (AvgIpc) is 2.34. The molecule has 6 nitrogen and oxygen atoms in total. The molecule has 18 heavy (non-hydrogen) atoms. The number of methoxy groups -OCH3 is 1. The van der Waals surface area contributed by atoms with Crippen molar-refractivity contribution in [1.82, 2.24) is 0 Å². The Labute approximate surface area is 106 Å². The van der Waals surface area contributed by atoms with Crippen LogP contribution in [0.2, 0.25) is 0 Å². The number of hydrogen-bond donors (Lipinski definition) is 2. The highest BCUT2D eigenvalue weighted by Crippen LogP contribution is 2.34. The molecule has 0 saturated heterocycles. The molecule has 0 bridgehead atoms. The van der Waals surface area contributed by atoms with Crippen molar-refractivity contribution in [2.24, 2.45) is 5.92 Å². The highest BCUT2D eigenvalue weighted by molar-refractivity contribution is 5.68. The summed E-state index contributed by atoms with van der Waals surface area (Å²) < 4.78 is 4.96. The number of nitrogens with zero attached hydrogens (tertiary/aromatic N) is 1. The number of ether oxygens (including phenoxy) is 1. The van der Waals surface area contributed by atoms with Crippen molar-refractivity contribution in [2.45, 2.75) is 20.0 Å². The quantitative estimate of drug-likeness (QED) is 0.599. The van der Waals surface area contributed by atoms with E-state index in [1.807, 2.05) is 13.8 Å². The number of nitro benzene ring substituents is 1. The summed E-state index contributed by atoms with van der Waals surface area (Å²) in [7, 11) is 1.38. The molecule has 1 aromatic rings. The molecule has 6 heteroatoms. The largest absolute Gasteiger partial charge is 0.490 e. The van der Waals surface area contributed by atoms with Crippen molar-refractivity contribution in [1.29, 1.82) is 0 Å². The first-order valence-electron chi connectivity index (χ1n) is 5.70. The van der Waals surface area contributed by atoms with E-state index in [4.69, 9.17) is 4.74 Å². The van der Waals surface area contributed by atoms with Crippen molar-refractivity contribution in [3.05, 3.63) is 28.3 Å². The zero-order chi connectivity index (χ0) is 13.7. The van der Waals surface area contributed by atoms with Crippen LogP contribution in [0.15, 0.2) is 18.2 Å². The summed E-state index contributed by atoms with van der Waals surface area (Å²) >= 11 is 0. The Morgan fingerprint density at radius 1 is 1.50 bits per heavy atom. The molecule has 0 fully saturated rings. The first kappa shape index (κ1) is 14.2. The van der Waals surface area contributed by atoms with Gasteiger partial charge in [0.25, 0.3) is 0 Å². The lowest BCUT2D eigenvalue weighted by Crippen LogP contribution is -2.25. The fourth-order valence-electron chi connectivity index (χ4n) is 1.47. The van der Waals surface area contributed by atoms with E-state index < -0.39 is 11.0 Å². The van der Waals surface area contributed by atoms with E-state index in [1.165, 1.54) is 13.2 Å². The Morgan fingerprint density at radius 3 is 2.67 bits per heavy atom. The van der Waals surface area contributed by atoms with Crippen LogP contribution >= 0.6 is 0 Å². The van der Waals surface area contributed by atoms with Crippen molar-refractivity contribution >= 4 is 11.4 Å². The second-order valence-corrected chi connectivity index (χ2v) is 4.31. The van der Waals surface area contributed by atoms with Crippen LogP contribution in [-0.2, 0) is 0 Å². The molecule has 100 valence electrons. The lowest BCUT2D eigenvalue weighted by Gasteiger charge is -2.16. The Kier molecular flexibility index (Phi) is 4.91. The molecule has 1 atom stereocenters. The standard InChI is InChI=1S/C12H18N2O4/c1-8(2)10(15)7-13-9-5-4-6-11(18-3)12(9)14(16)17/h4-6,8,10,13,15H,7H2,1-3H3. The summed E-state index contributed by atoms with van der Waals surface area (Å²) in [4.78, 5) is 10.5. The molecule has 1 unspecified atom stereocenters. The molecule has 0 heterocycles. The molecule has 0 aliphatic heterocycles. The van der Waals surface area contributed by atoms with Crippen molar-refractivity contribution in [2.75, 3.05) is 19.0 Å². The number of aliphatic hydroxyl groups is 1. The van der Waals surface area contributed by atoms with Crippen LogP contribution in [0.4, 0.5) is 11.4 Å². The third-order valence-electron chi connectivity index (χ3n) is 2.67. The molecule has 0 aromatic heterocycles. The fourth-order valence-corrected chi connectivity index (χ4v) is 1.47. The summed E-state index contributed by atoms with van der Waals surface area (Å²) in [5.41, 5.74) is 0.231. The van der Waals surface area contributed by atoms with Gasteiger partial charge < -0.3 is 15.2 Å². The number of hydrogen-bond acceptors (Lipinski definition) is 5. The van der Waals surface area contributed by atoms with E-state index in [2.05, 4.69) is 5.32 Å². The van der Waals surface area contributed by atoms with Gasteiger partial charge in [-0.15, -0.1) is 0 Å². The fraction of sp³-hybridized carbons (Fsp3) is 0.500. The highest BCUT2D eigenvalue weighted by atomic mass is 16.6. The maximum atomic E-state index is 11.0. The molecule has 0 amide bonds. The van der Waals surface area contributed by atoms with Gasteiger partial charge in [-0.3, -0.25) is 10.1 Å². The molecule has 1 rings (SSSR count). The zero-order valence-electron chi connectivity index (χ0n) is 10.7. The molecule has 0 spiro atoms. The van der Waals surface area contributed by atoms with E-state index in [0.29, 0.717) is 5.69 Å². The Bertz CT molecular complexity index is 421. The first-order valence-corrected chi connectivity index (χ1v) is 5.70. The minimum Gasteiger partial charge on any atom is -0.490 e. The van der Waals surface area contributed by atoms with Crippen LogP contribution in [-0.4, -0.2) is 29.8 Å². The van der Waals surface area contributed by atoms with E-state index in [0.717, 1.165) is 0 Å². The Balaban J connectivity index is 2.91. The molecule has 1 aromatic carbocycles. The van der Waals surface area contributed by atoms with Gasteiger partial charge in [0.05, 0.1) is 18.1 Å². The number of nitro groups is 1. The molecule has 2 N–H and O–H groups in total. The van der Waals surface area contributed by atoms with Crippen molar-refractivity contribution in [3.8, 4) is 5.75 Å². The van der Waals surface area contributed by atoms with Gasteiger partial charge in [0.1, 0.15) is 5.69 Å². The highest BCUT2D eigenvalue weighted by Gasteiger charge is 2.21. The zero-order valence-corrected chi connectivity index (χ0v) is 10.7. The first-order chi connectivity index (χ1) is 8.47. The lowest BCUT2D eigenvalue weighted by atomic mass is 10.1. The second-order valence-electron chi connectivity index (χ2n) is 4.31. The summed E-state index contributed by atoms with van der Waals surface area (Å²) in [6, 6.07) is 4.78. The van der Waals surface area contributed by atoms with Crippen molar-refractivity contribution in [3.63, 3.8) is 0 Å². The van der Waals surface area contributed by atoms with Crippen LogP contribution in [0.5, 0.6) is 5.75 Å². The molecular weight excluding hydrogens is 236 g/mol. The number of nitrogens with one attached hydrogen (secondary N) is 1. The van der Waals surface area contributed by atoms with Crippen LogP contribution < -0.4 is 10.1 Å². The maximum absolute atomic E-state index is 11.0. The SMILES string of the molecule is COc1cccc(NCC(O)C(C)C)c1[N+](=O)[O-]. The van der Waals surface area contributed by atoms with Gasteiger partial charge in [0, 0.05) is 6.54 Å². The van der Waals surface area contributed by atoms with Crippen LogP contribution in [0.3, 0.4) is 0 Å². The summed E-state index contributed by atoms with van der Waals surface area (Å²) in [5.74, 6) is 0.284. The predicted molar refractivity (Wildman–Crippen MR) is 69.0 cm³/mol. The van der Waals surface area contributed by atoms with Gasteiger partial charge in [-0.05, 0) is 18.1 Å². The monoisotopic (exact) mass is 254 g/mol. The Hall–Kier alpha value is -1.82. The predicted octanol–water partition coefficient (Wildman–Crippen LogP) is 2.03.